The molecule has 1 amide bonds. The summed E-state index contributed by atoms with van der Waals surface area (Å²) in [5.41, 5.74) is 1.22. The SMILES string of the molecule is CCC(CC)(CO)CNC(=O)c1cnn(C)c1C. The second-order valence-corrected chi connectivity index (χ2v) is 4.82. The van der Waals surface area contributed by atoms with Crippen LogP contribution in [-0.2, 0) is 7.05 Å². The Morgan fingerprint density at radius 3 is 2.50 bits per heavy atom. The maximum absolute atomic E-state index is 12.0. The summed E-state index contributed by atoms with van der Waals surface area (Å²) in [7, 11) is 1.81. The number of carbonyl (C=O) groups excluding carboxylic acids is 1. The monoisotopic (exact) mass is 253 g/mol. The van der Waals surface area contributed by atoms with Crippen LogP contribution in [0.15, 0.2) is 6.20 Å². The second kappa shape index (κ2) is 6.00. The van der Waals surface area contributed by atoms with E-state index in [1.54, 1.807) is 10.9 Å². The number of amides is 1. The molecule has 5 heteroatoms. The third kappa shape index (κ3) is 2.90. The average Bonchev–Trinajstić information content (AvgIpc) is 2.72. The van der Waals surface area contributed by atoms with Crippen LogP contribution in [0.25, 0.3) is 0 Å². The molecule has 0 aliphatic rings. The molecule has 2 N–H and O–H groups in total. The Morgan fingerprint density at radius 1 is 1.50 bits per heavy atom. The van der Waals surface area contributed by atoms with Gasteiger partial charge in [-0.1, -0.05) is 13.8 Å². The first-order chi connectivity index (χ1) is 8.49. The van der Waals surface area contributed by atoms with Crippen molar-refractivity contribution >= 4 is 5.91 Å². The van der Waals surface area contributed by atoms with Crippen molar-refractivity contribution in [3.8, 4) is 0 Å². The lowest BCUT2D eigenvalue weighted by Gasteiger charge is -2.29. The van der Waals surface area contributed by atoms with Crippen molar-refractivity contribution in [2.45, 2.75) is 33.6 Å². The van der Waals surface area contributed by atoms with Crippen LogP contribution in [0, 0.1) is 12.3 Å². The van der Waals surface area contributed by atoms with Gasteiger partial charge >= 0.3 is 0 Å². The number of aromatic nitrogens is 2. The van der Waals surface area contributed by atoms with Crippen LogP contribution in [0.2, 0.25) is 0 Å². The highest BCUT2D eigenvalue weighted by atomic mass is 16.3. The van der Waals surface area contributed by atoms with Gasteiger partial charge < -0.3 is 10.4 Å². The van der Waals surface area contributed by atoms with Crippen LogP contribution in [0.3, 0.4) is 0 Å². The Morgan fingerprint density at radius 2 is 2.11 bits per heavy atom. The van der Waals surface area contributed by atoms with Crippen molar-refractivity contribution in [1.82, 2.24) is 15.1 Å². The maximum atomic E-state index is 12.0. The first-order valence-electron chi connectivity index (χ1n) is 6.37. The summed E-state index contributed by atoms with van der Waals surface area (Å²) < 4.78 is 1.67. The Kier molecular flexibility index (Phi) is 4.90. The zero-order valence-electron chi connectivity index (χ0n) is 11.7. The van der Waals surface area contributed by atoms with E-state index in [0.29, 0.717) is 12.1 Å². The minimum Gasteiger partial charge on any atom is -0.396 e. The lowest BCUT2D eigenvalue weighted by molar-refractivity contribution is 0.0850. The molecule has 0 bridgehead atoms. The normalized spacial score (nSPS) is 11.6. The van der Waals surface area contributed by atoms with Gasteiger partial charge in [0.15, 0.2) is 0 Å². The molecule has 1 aromatic heterocycles. The fraction of sp³-hybridized carbons (Fsp3) is 0.692. The summed E-state index contributed by atoms with van der Waals surface area (Å²) in [5, 5.41) is 16.4. The lowest BCUT2D eigenvalue weighted by Crippen LogP contribution is -2.39. The quantitative estimate of drug-likeness (QED) is 0.802. The minimum absolute atomic E-state index is 0.0896. The molecule has 0 atom stereocenters. The summed E-state index contributed by atoms with van der Waals surface area (Å²) in [4.78, 5) is 12.0. The fourth-order valence-corrected chi connectivity index (χ4v) is 1.86. The Balaban J connectivity index is 2.69. The molecule has 0 aliphatic carbocycles. The van der Waals surface area contributed by atoms with E-state index in [2.05, 4.69) is 10.4 Å². The van der Waals surface area contributed by atoms with Crippen LogP contribution in [0.5, 0.6) is 0 Å². The van der Waals surface area contributed by atoms with E-state index in [0.717, 1.165) is 18.5 Å². The molecular formula is C13H23N3O2. The number of nitrogens with one attached hydrogen (secondary N) is 1. The number of aliphatic hydroxyl groups is 1. The second-order valence-electron chi connectivity index (χ2n) is 4.82. The highest BCUT2D eigenvalue weighted by Crippen LogP contribution is 2.24. The third-order valence-electron chi connectivity index (χ3n) is 3.94. The molecule has 0 radical (unpaired) electrons. The van der Waals surface area contributed by atoms with Gasteiger partial charge in [0, 0.05) is 24.7 Å². The summed E-state index contributed by atoms with van der Waals surface area (Å²) in [6.07, 6.45) is 3.25. The van der Waals surface area contributed by atoms with E-state index in [1.165, 1.54) is 0 Å². The van der Waals surface area contributed by atoms with E-state index < -0.39 is 0 Å². The van der Waals surface area contributed by atoms with Gasteiger partial charge in [0.25, 0.3) is 5.91 Å². The lowest BCUT2D eigenvalue weighted by atomic mass is 9.83. The number of aliphatic hydroxyl groups excluding tert-OH is 1. The molecule has 0 unspecified atom stereocenters. The number of hydrogen-bond acceptors (Lipinski definition) is 3. The predicted molar refractivity (Wildman–Crippen MR) is 70.4 cm³/mol. The largest absolute Gasteiger partial charge is 0.396 e. The van der Waals surface area contributed by atoms with Crippen molar-refractivity contribution in [3.63, 3.8) is 0 Å². The summed E-state index contributed by atoms with van der Waals surface area (Å²) >= 11 is 0. The highest BCUT2D eigenvalue weighted by Gasteiger charge is 2.26. The van der Waals surface area contributed by atoms with Gasteiger partial charge in [0.2, 0.25) is 0 Å². The van der Waals surface area contributed by atoms with Gasteiger partial charge in [-0.3, -0.25) is 9.48 Å². The number of carbonyl (C=O) groups is 1. The van der Waals surface area contributed by atoms with Crippen molar-refractivity contribution in [2.24, 2.45) is 12.5 Å². The Bertz CT molecular complexity index is 400. The van der Waals surface area contributed by atoms with Crippen LogP contribution >= 0.6 is 0 Å². The van der Waals surface area contributed by atoms with E-state index in [9.17, 15) is 9.90 Å². The highest BCUT2D eigenvalue weighted by molar-refractivity contribution is 5.95. The molecule has 0 saturated carbocycles. The molecule has 0 aromatic carbocycles. The van der Waals surface area contributed by atoms with E-state index in [1.807, 2.05) is 27.8 Å². The van der Waals surface area contributed by atoms with Crippen LogP contribution in [0.1, 0.15) is 42.7 Å². The topological polar surface area (TPSA) is 67.2 Å². The predicted octanol–water partition coefficient (Wildman–Crippen LogP) is 1.26. The van der Waals surface area contributed by atoms with Gasteiger partial charge in [-0.2, -0.15) is 5.10 Å². The first-order valence-corrected chi connectivity index (χ1v) is 6.37. The molecule has 102 valence electrons. The molecular weight excluding hydrogens is 230 g/mol. The van der Waals surface area contributed by atoms with Gasteiger partial charge in [-0.05, 0) is 19.8 Å². The molecule has 18 heavy (non-hydrogen) atoms. The molecule has 5 nitrogen and oxygen atoms in total. The molecule has 1 aromatic rings. The van der Waals surface area contributed by atoms with Gasteiger partial charge in [0.1, 0.15) is 0 Å². The van der Waals surface area contributed by atoms with Gasteiger partial charge in [0.05, 0.1) is 18.4 Å². The molecule has 0 aliphatic heterocycles. The van der Waals surface area contributed by atoms with E-state index in [4.69, 9.17) is 0 Å². The summed E-state index contributed by atoms with van der Waals surface area (Å²) in [6.45, 7) is 6.50. The smallest absolute Gasteiger partial charge is 0.254 e. The zero-order valence-corrected chi connectivity index (χ0v) is 11.7. The summed E-state index contributed by atoms with van der Waals surface area (Å²) in [6, 6.07) is 0. The van der Waals surface area contributed by atoms with Crippen LogP contribution < -0.4 is 5.32 Å². The van der Waals surface area contributed by atoms with Gasteiger partial charge in [-0.25, -0.2) is 0 Å². The van der Waals surface area contributed by atoms with E-state index >= 15 is 0 Å². The zero-order chi connectivity index (χ0) is 13.8. The molecule has 0 fully saturated rings. The average molecular weight is 253 g/mol. The van der Waals surface area contributed by atoms with Crippen molar-refractivity contribution < 1.29 is 9.90 Å². The number of aryl methyl sites for hydroxylation is 1. The number of nitrogens with zero attached hydrogens (tertiary/aromatic N) is 2. The minimum atomic E-state index is -0.216. The fourth-order valence-electron chi connectivity index (χ4n) is 1.86. The van der Waals surface area contributed by atoms with Crippen molar-refractivity contribution in [1.29, 1.82) is 0 Å². The maximum Gasteiger partial charge on any atom is 0.254 e. The van der Waals surface area contributed by atoms with E-state index in [-0.39, 0.29) is 17.9 Å². The first kappa shape index (κ1) is 14.7. The Labute approximate surface area is 108 Å². The van der Waals surface area contributed by atoms with Gasteiger partial charge in [-0.15, -0.1) is 0 Å². The van der Waals surface area contributed by atoms with Crippen LogP contribution in [0.4, 0.5) is 0 Å². The molecule has 1 rings (SSSR count). The standard InChI is InChI=1S/C13H23N3O2/c1-5-13(6-2,9-17)8-14-12(18)11-7-15-16(4)10(11)3/h7,17H,5-6,8-9H2,1-4H3,(H,14,18). The molecule has 0 spiro atoms. The Hall–Kier alpha value is -1.36. The molecule has 0 saturated heterocycles. The third-order valence-corrected chi connectivity index (χ3v) is 3.94. The van der Waals surface area contributed by atoms with Crippen LogP contribution in [-0.4, -0.2) is 33.9 Å². The number of hydrogen-bond donors (Lipinski definition) is 2. The molecule has 1 heterocycles. The summed E-state index contributed by atoms with van der Waals surface area (Å²) in [5.74, 6) is -0.125. The number of rotatable bonds is 6. The van der Waals surface area contributed by atoms with Crippen molar-refractivity contribution in [3.05, 3.63) is 17.5 Å². The van der Waals surface area contributed by atoms with Crippen molar-refractivity contribution in [2.75, 3.05) is 13.2 Å².